The molecule has 0 aromatic heterocycles. The first kappa shape index (κ1) is 10.8. The largest absolute Gasteiger partial charge is 0.507 e. The van der Waals surface area contributed by atoms with Gasteiger partial charge in [-0.05, 0) is 12.0 Å². The topological polar surface area (TPSA) is 20.2 Å². The van der Waals surface area contributed by atoms with Gasteiger partial charge in [0.05, 0.1) is 0 Å². The van der Waals surface area contributed by atoms with E-state index in [-0.39, 0.29) is 5.92 Å². The first-order valence-corrected chi connectivity index (χ1v) is 5.14. The van der Waals surface area contributed by atoms with Crippen LogP contribution in [-0.4, -0.2) is 5.11 Å². The maximum absolute atomic E-state index is 9.97. The number of aromatic hydroxyl groups is 1. The molecule has 0 radical (unpaired) electrons. The van der Waals surface area contributed by atoms with E-state index in [0.29, 0.717) is 5.75 Å². The molecule has 0 saturated carbocycles. The van der Waals surface area contributed by atoms with Crippen molar-refractivity contribution in [3.05, 3.63) is 42.0 Å². The summed E-state index contributed by atoms with van der Waals surface area (Å²) in [5.41, 5.74) is 2.02. The van der Waals surface area contributed by atoms with Gasteiger partial charge < -0.3 is 5.11 Å². The number of rotatable bonds is 4. The van der Waals surface area contributed by atoms with Crippen LogP contribution in [0.4, 0.5) is 0 Å². The predicted molar refractivity (Wildman–Crippen MR) is 60.7 cm³/mol. The predicted octanol–water partition coefficient (Wildman–Crippen LogP) is 3.63. The summed E-state index contributed by atoms with van der Waals surface area (Å²) in [5, 5.41) is 9.97. The molecule has 1 N–H and O–H groups in total. The monoisotopic (exact) mass is 190 g/mol. The fourth-order valence-corrected chi connectivity index (χ4v) is 1.58. The first-order chi connectivity index (χ1) is 6.70. The van der Waals surface area contributed by atoms with Crippen LogP contribution in [0.15, 0.2) is 30.9 Å². The molecule has 0 aliphatic carbocycles. The number of aryl methyl sites for hydroxylation is 1. The molecular formula is C13H18O. The number of para-hydroxylation sites is 1. The van der Waals surface area contributed by atoms with Crippen LogP contribution >= 0.6 is 0 Å². The van der Waals surface area contributed by atoms with Gasteiger partial charge in [0.2, 0.25) is 0 Å². The Morgan fingerprint density at radius 3 is 2.79 bits per heavy atom. The van der Waals surface area contributed by atoms with Crippen LogP contribution in [-0.2, 0) is 6.42 Å². The second kappa shape index (κ2) is 4.85. The second-order valence-electron chi connectivity index (χ2n) is 3.63. The fraction of sp³-hybridized carbons (Fsp3) is 0.385. The molecule has 0 saturated heterocycles. The summed E-state index contributed by atoms with van der Waals surface area (Å²) < 4.78 is 0. The molecule has 0 unspecified atom stereocenters. The third-order valence-electron chi connectivity index (χ3n) is 2.51. The van der Waals surface area contributed by atoms with Crippen molar-refractivity contribution in [2.45, 2.75) is 32.6 Å². The molecule has 1 nitrogen and oxygen atoms in total. The summed E-state index contributed by atoms with van der Waals surface area (Å²) in [6, 6.07) is 5.94. The molecule has 0 bridgehead atoms. The van der Waals surface area contributed by atoms with E-state index >= 15 is 0 Å². The van der Waals surface area contributed by atoms with Gasteiger partial charge in [0, 0.05) is 11.5 Å². The van der Waals surface area contributed by atoms with Crippen molar-refractivity contribution in [2.75, 3.05) is 0 Å². The van der Waals surface area contributed by atoms with Crippen molar-refractivity contribution in [1.29, 1.82) is 0 Å². The van der Waals surface area contributed by atoms with Gasteiger partial charge in [0.15, 0.2) is 0 Å². The van der Waals surface area contributed by atoms with Crippen LogP contribution in [0.25, 0.3) is 0 Å². The van der Waals surface area contributed by atoms with Crippen LogP contribution in [0.1, 0.15) is 37.3 Å². The average molecular weight is 190 g/mol. The Kier molecular flexibility index (Phi) is 3.75. The Morgan fingerprint density at radius 2 is 2.21 bits per heavy atom. The molecule has 0 spiro atoms. The van der Waals surface area contributed by atoms with E-state index in [4.69, 9.17) is 0 Å². The number of hydrogen-bond acceptors (Lipinski definition) is 1. The van der Waals surface area contributed by atoms with Crippen LogP contribution in [0.5, 0.6) is 5.75 Å². The molecule has 1 aromatic carbocycles. The molecule has 0 aliphatic heterocycles. The van der Waals surface area contributed by atoms with Crippen LogP contribution < -0.4 is 0 Å². The Balaban J connectivity index is 3.06. The van der Waals surface area contributed by atoms with E-state index in [0.717, 1.165) is 24.0 Å². The zero-order valence-electron chi connectivity index (χ0n) is 8.96. The molecule has 0 amide bonds. The summed E-state index contributed by atoms with van der Waals surface area (Å²) in [4.78, 5) is 0. The first-order valence-electron chi connectivity index (χ1n) is 5.14. The summed E-state index contributed by atoms with van der Waals surface area (Å²) in [7, 11) is 0. The Hall–Kier alpha value is -1.24. The van der Waals surface area contributed by atoms with Crippen molar-refractivity contribution in [3.63, 3.8) is 0 Å². The van der Waals surface area contributed by atoms with Gasteiger partial charge in [0.1, 0.15) is 5.75 Å². The van der Waals surface area contributed by atoms with Crippen molar-refractivity contribution in [3.8, 4) is 5.75 Å². The van der Waals surface area contributed by atoms with Gasteiger partial charge in [-0.3, -0.25) is 0 Å². The highest BCUT2D eigenvalue weighted by Gasteiger charge is 2.09. The molecular weight excluding hydrogens is 172 g/mol. The second-order valence-corrected chi connectivity index (χ2v) is 3.63. The lowest BCUT2D eigenvalue weighted by Crippen LogP contribution is -1.93. The van der Waals surface area contributed by atoms with Gasteiger partial charge >= 0.3 is 0 Å². The molecule has 14 heavy (non-hydrogen) atoms. The van der Waals surface area contributed by atoms with E-state index in [1.165, 1.54) is 0 Å². The fourth-order valence-electron chi connectivity index (χ4n) is 1.58. The highest BCUT2D eigenvalue weighted by Crippen LogP contribution is 2.30. The Bertz CT molecular complexity index is 315. The van der Waals surface area contributed by atoms with Gasteiger partial charge in [-0.15, -0.1) is 6.58 Å². The summed E-state index contributed by atoms with van der Waals surface area (Å²) in [5.74, 6) is 0.661. The number of hydrogen-bond donors (Lipinski definition) is 1. The zero-order valence-corrected chi connectivity index (χ0v) is 8.96. The van der Waals surface area contributed by atoms with Gasteiger partial charge in [-0.25, -0.2) is 0 Å². The van der Waals surface area contributed by atoms with Crippen molar-refractivity contribution in [2.24, 2.45) is 0 Å². The van der Waals surface area contributed by atoms with Crippen molar-refractivity contribution in [1.82, 2.24) is 0 Å². The van der Waals surface area contributed by atoms with Crippen LogP contribution in [0.2, 0.25) is 0 Å². The molecule has 76 valence electrons. The smallest absolute Gasteiger partial charge is 0.122 e. The third-order valence-corrected chi connectivity index (χ3v) is 2.51. The Labute approximate surface area is 86.1 Å². The molecule has 0 fully saturated rings. The normalized spacial score (nSPS) is 12.4. The highest BCUT2D eigenvalue weighted by atomic mass is 16.3. The lowest BCUT2D eigenvalue weighted by molar-refractivity contribution is 0.459. The van der Waals surface area contributed by atoms with Crippen LogP contribution in [0.3, 0.4) is 0 Å². The lowest BCUT2D eigenvalue weighted by Gasteiger charge is -2.12. The maximum atomic E-state index is 9.97. The van der Waals surface area contributed by atoms with E-state index in [9.17, 15) is 5.11 Å². The van der Waals surface area contributed by atoms with E-state index < -0.39 is 0 Å². The van der Waals surface area contributed by atoms with Crippen molar-refractivity contribution >= 4 is 0 Å². The maximum Gasteiger partial charge on any atom is 0.122 e. The average Bonchev–Trinajstić information content (AvgIpc) is 2.20. The van der Waals surface area contributed by atoms with Crippen molar-refractivity contribution < 1.29 is 5.11 Å². The molecule has 1 atom stereocenters. The summed E-state index contributed by atoms with van der Waals surface area (Å²) in [6.45, 7) is 7.90. The molecule has 1 rings (SSSR count). The molecule has 1 aromatic rings. The molecule has 0 aliphatic rings. The van der Waals surface area contributed by atoms with Gasteiger partial charge in [-0.2, -0.15) is 0 Å². The summed E-state index contributed by atoms with van der Waals surface area (Å²) >= 11 is 0. The summed E-state index contributed by atoms with van der Waals surface area (Å²) in [6.07, 6.45) is 3.84. The Morgan fingerprint density at radius 1 is 1.50 bits per heavy atom. The highest BCUT2D eigenvalue weighted by molar-refractivity contribution is 5.43. The van der Waals surface area contributed by atoms with E-state index in [1.807, 2.05) is 31.2 Å². The number of phenols is 1. The minimum absolute atomic E-state index is 0.215. The number of phenolic OH excluding ortho intramolecular Hbond substituents is 1. The zero-order chi connectivity index (χ0) is 10.6. The standard InChI is InChI=1S/C13H18O/c1-4-7-11-8-6-9-12(13(11)14)10(3)5-2/h5-6,8-10,14H,2,4,7H2,1,3H3/t10-/m1/s1. The minimum atomic E-state index is 0.215. The SMILES string of the molecule is C=C[C@@H](C)c1cccc(CCC)c1O. The van der Waals surface area contributed by atoms with Gasteiger partial charge in [-0.1, -0.05) is 44.5 Å². The van der Waals surface area contributed by atoms with Crippen LogP contribution in [0, 0.1) is 0 Å². The van der Waals surface area contributed by atoms with E-state index in [2.05, 4.69) is 13.5 Å². The number of benzene rings is 1. The van der Waals surface area contributed by atoms with Gasteiger partial charge in [0.25, 0.3) is 0 Å². The lowest BCUT2D eigenvalue weighted by atomic mass is 9.96. The van der Waals surface area contributed by atoms with E-state index in [1.54, 1.807) is 0 Å². The minimum Gasteiger partial charge on any atom is -0.507 e. The quantitative estimate of drug-likeness (QED) is 0.719. The number of allylic oxidation sites excluding steroid dienone is 1. The molecule has 1 heteroatoms. The third kappa shape index (κ3) is 2.16. The molecule has 0 heterocycles.